The predicted molar refractivity (Wildman–Crippen MR) is 26.6 cm³/mol. The third-order valence-corrected chi connectivity index (χ3v) is 0.304. The van der Waals surface area contributed by atoms with E-state index in [1.165, 1.54) is 5.97 Å². The van der Waals surface area contributed by atoms with Crippen LogP contribution in [0, 0.1) is 0 Å². The monoisotopic (exact) mass is 65.1 g/mol. The van der Waals surface area contributed by atoms with E-state index in [0.717, 1.165) is 0 Å². The van der Waals surface area contributed by atoms with Crippen LogP contribution in [0.15, 0.2) is 12.2 Å². The van der Waals surface area contributed by atoms with Crippen LogP contribution in [0.25, 0.3) is 0 Å². The molecule has 1 radical (unpaired) electrons. The van der Waals surface area contributed by atoms with Crippen LogP contribution in [0.4, 0.5) is 0 Å². The Balaban J connectivity index is 2.92. The average molecular weight is 64.9 g/mol. The molecule has 0 atom stereocenters. The molecule has 0 bridgehead atoms. The van der Waals surface area contributed by atoms with Crippen LogP contribution in [0.1, 0.15) is 6.92 Å². The fourth-order valence-corrected chi connectivity index (χ4v) is 0.111. The number of rotatable bonds is 1. The first-order valence-electron chi connectivity index (χ1n) is 1.58. The molecule has 0 unspecified atom stereocenters. The molecular weight excluding hydrogens is 58.9 g/mol. The molecule has 0 N–H and O–H groups in total. The molecule has 0 saturated carbocycles. The van der Waals surface area contributed by atoms with Gasteiger partial charge in [0.25, 0.3) is 0 Å². The minimum atomic E-state index is 1.50. The van der Waals surface area contributed by atoms with Crippen molar-refractivity contribution in [3.05, 3.63) is 12.2 Å². The first-order valence-corrected chi connectivity index (χ1v) is 1.58. The Morgan fingerprint density at radius 3 is 2.20 bits per heavy atom. The molecule has 0 spiro atoms. The quantitative estimate of drug-likeness (QED) is 0.391. The summed E-state index contributed by atoms with van der Waals surface area (Å²) in [6.07, 6.45) is 3.65. The number of hydrogen-bond donors (Lipinski definition) is 0. The van der Waals surface area contributed by atoms with Crippen LogP contribution < -0.4 is 0 Å². The summed E-state index contributed by atoms with van der Waals surface area (Å²) in [4.78, 5) is 0. The average Bonchev–Trinajstić information content (AvgIpc) is 1.41. The van der Waals surface area contributed by atoms with Crippen molar-refractivity contribution >= 4 is 13.5 Å². The first kappa shape index (κ1) is 4.67. The third kappa shape index (κ3) is 3.67. The van der Waals surface area contributed by atoms with Gasteiger partial charge in [0.05, 0.1) is 0 Å². The molecule has 5 heavy (non-hydrogen) atoms. The Bertz CT molecular complexity index is 45.6. The molecule has 25 valence electrons. The normalized spacial score (nSPS) is 8.80. The molecule has 0 nitrogen and oxygen atoms in total. The van der Waals surface area contributed by atoms with Crippen LogP contribution in [-0.2, 0) is 0 Å². The van der Waals surface area contributed by atoms with Gasteiger partial charge in [0.2, 0.25) is 0 Å². The van der Waals surface area contributed by atoms with Crippen LogP contribution in [-0.4, -0.2) is 13.5 Å². The second-order valence-corrected chi connectivity index (χ2v) is 0.718. The molecule has 1 heteroatoms. The van der Waals surface area contributed by atoms with Gasteiger partial charge in [-0.1, -0.05) is 0 Å². The fraction of sp³-hybridized carbons (Fsp3) is 0.250. The molecule has 0 heterocycles. The Morgan fingerprint density at radius 1 is 1.60 bits per heavy atom. The molecular formula is C4H6B. The summed E-state index contributed by atoms with van der Waals surface area (Å²) in [6.45, 7) is 1.92. The summed E-state index contributed by atoms with van der Waals surface area (Å²) in [5.41, 5.74) is 0. The zero-order valence-electron chi connectivity index (χ0n) is 3.31. The molecule has 0 aromatic heterocycles. The molecule has 0 aromatic rings. The molecule has 0 fully saturated rings. The predicted octanol–water partition coefficient (Wildman–Crippen LogP) is 0.533. The standard InChI is InChI=1S/C4H6B/c1-2-3-4-5/h2-4H,1H3. The summed E-state index contributed by atoms with van der Waals surface area (Å²) in [5.74, 6) is 1.50. The van der Waals surface area contributed by atoms with Crippen molar-refractivity contribution in [3.8, 4) is 0 Å². The van der Waals surface area contributed by atoms with Crippen molar-refractivity contribution in [2.24, 2.45) is 0 Å². The number of allylic oxidation sites excluding steroid dienone is 2. The zero-order chi connectivity index (χ0) is 4.12. The number of hydrogen-bond acceptors (Lipinski definition) is 0. The van der Waals surface area contributed by atoms with Gasteiger partial charge in [-0.3, -0.25) is 0 Å². The Morgan fingerprint density at radius 2 is 2.20 bits per heavy atom. The SMILES string of the molecule is [B]=CC=CC. The second-order valence-electron chi connectivity index (χ2n) is 0.718. The van der Waals surface area contributed by atoms with Gasteiger partial charge in [-0.25, -0.2) is 0 Å². The van der Waals surface area contributed by atoms with Gasteiger partial charge in [0.15, 0.2) is 0 Å². The van der Waals surface area contributed by atoms with E-state index in [-0.39, 0.29) is 0 Å². The molecule has 0 aliphatic heterocycles. The summed E-state index contributed by atoms with van der Waals surface area (Å²) < 4.78 is 0. The van der Waals surface area contributed by atoms with E-state index in [0.29, 0.717) is 0 Å². The van der Waals surface area contributed by atoms with Gasteiger partial charge < -0.3 is 0 Å². The van der Waals surface area contributed by atoms with E-state index in [1.54, 1.807) is 6.08 Å². The Labute approximate surface area is 33.6 Å². The fourth-order valence-electron chi connectivity index (χ4n) is 0.111. The van der Waals surface area contributed by atoms with Gasteiger partial charge in [0.1, 0.15) is 0 Å². The molecule has 0 aliphatic carbocycles. The van der Waals surface area contributed by atoms with E-state index in [2.05, 4.69) is 0 Å². The van der Waals surface area contributed by atoms with Gasteiger partial charge in [-0.2, -0.15) is 0 Å². The van der Waals surface area contributed by atoms with E-state index in [4.69, 9.17) is 7.49 Å². The van der Waals surface area contributed by atoms with E-state index >= 15 is 0 Å². The van der Waals surface area contributed by atoms with Gasteiger partial charge in [-0.05, 0) is 0 Å². The van der Waals surface area contributed by atoms with Crippen molar-refractivity contribution in [1.82, 2.24) is 0 Å². The molecule has 0 amide bonds. The summed E-state index contributed by atoms with van der Waals surface area (Å²) >= 11 is 0. The summed E-state index contributed by atoms with van der Waals surface area (Å²) in [6, 6.07) is 0. The van der Waals surface area contributed by atoms with Crippen molar-refractivity contribution < 1.29 is 0 Å². The summed E-state index contributed by atoms with van der Waals surface area (Å²) in [7, 11) is 4.93. The van der Waals surface area contributed by atoms with Crippen LogP contribution in [0.2, 0.25) is 0 Å². The minimum absolute atomic E-state index is 1.50. The summed E-state index contributed by atoms with van der Waals surface area (Å²) in [5, 5.41) is 0. The molecule has 0 aromatic carbocycles. The third-order valence-electron chi connectivity index (χ3n) is 0.304. The van der Waals surface area contributed by atoms with Gasteiger partial charge in [0, 0.05) is 0 Å². The Hall–Kier alpha value is -0.325. The maximum absolute atomic E-state index is 4.93. The Kier molecular flexibility index (Phi) is 3.44. The van der Waals surface area contributed by atoms with E-state index < -0.39 is 0 Å². The van der Waals surface area contributed by atoms with Crippen molar-refractivity contribution in [3.63, 3.8) is 0 Å². The van der Waals surface area contributed by atoms with Crippen molar-refractivity contribution in [1.29, 1.82) is 0 Å². The van der Waals surface area contributed by atoms with Crippen LogP contribution in [0.3, 0.4) is 0 Å². The van der Waals surface area contributed by atoms with Gasteiger partial charge >= 0.3 is 32.5 Å². The molecule has 0 rings (SSSR count). The van der Waals surface area contributed by atoms with Gasteiger partial charge in [-0.15, -0.1) is 0 Å². The maximum atomic E-state index is 4.93. The second kappa shape index (κ2) is 3.67. The van der Waals surface area contributed by atoms with Crippen LogP contribution >= 0.6 is 0 Å². The molecule has 0 saturated heterocycles. The van der Waals surface area contributed by atoms with E-state index in [1.807, 2.05) is 13.0 Å². The first-order chi connectivity index (χ1) is 2.41. The van der Waals surface area contributed by atoms with Crippen molar-refractivity contribution in [2.45, 2.75) is 6.92 Å². The van der Waals surface area contributed by atoms with Crippen LogP contribution in [0.5, 0.6) is 0 Å². The van der Waals surface area contributed by atoms with E-state index in [9.17, 15) is 0 Å². The van der Waals surface area contributed by atoms with Crippen molar-refractivity contribution in [2.75, 3.05) is 0 Å². The zero-order valence-corrected chi connectivity index (χ0v) is 3.31. The molecule has 0 aliphatic rings. The topological polar surface area (TPSA) is 0 Å².